The van der Waals surface area contributed by atoms with Crippen LogP contribution in [0.15, 0.2) is 69.0 Å². The summed E-state index contributed by atoms with van der Waals surface area (Å²) in [6.07, 6.45) is 3.01. The second kappa shape index (κ2) is 5.73. The Labute approximate surface area is 149 Å². The fourth-order valence-corrected chi connectivity index (χ4v) is 4.11. The van der Waals surface area contributed by atoms with E-state index in [-0.39, 0.29) is 6.29 Å². The number of nitrogens with zero attached hydrogens (tertiary/aromatic N) is 4. The van der Waals surface area contributed by atoms with Gasteiger partial charge in [0.1, 0.15) is 0 Å². The van der Waals surface area contributed by atoms with Gasteiger partial charge in [-0.05, 0) is 51.3 Å². The molecule has 1 aromatic rings. The third kappa shape index (κ3) is 2.28. The van der Waals surface area contributed by atoms with Crippen molar-refractivity contribution in [3.63, 3.8) is 0 Å². The van der Waals surface area contributed by atoms with Crippen molar-refractivity contribution in [3.8, 4) is 0 Å². The third-order valence-electron chi connectivity index (χ3n) is 5.16. The van der Waals surface area contributed by atoms with E-state index >= 15 is 0 Å². The number of fused-ring (bicyclic) bond motifs is 3. The minimum absolute atomic E-state index is 0.126. The molecule has 3 heterocycles. The molecule has 1 atom stereocenters. The van der Waals surface area contributed by atoms with Gasteiger partial charge in [-0.3, -0.25) is 0 Å². The summed E-state index contributed by atoms with van der Waals surface area (Å²) in [4.78, 5) is 7.21. The highest BCUT2D eigenvalue weighted by Crippen LogP contribution is 2.46. The average molecular weight is 332 g/mol. The molecule has 4 nitrogen and oxygen atoms in total. The summed E-state index contributed by atoms with van der Waals surface area (Å²) in [6, 6.07) is 10.6. The van der Waals surface area contributed by atoms with E-state index in [4.69, 9.17) is 10.1 Å². The number of hydrogen-bond acceptors (Lipinski definition) is 4. The van der Waals surface area contributed by atoms with Crippen LogP contribution >= 0.6 is 0 Å². The van der Waals surface area contributed by atoms with Gasteiger partial charge < -0.3 is 4.90 Å². The number of rotatable bonds is 2. The van der Waals surface area contributed by atoms with Crippen molar-refractivity contribution in [2.24, 2.45) is 10.1 Å². The summed E-state index contributed by atoms with van der Waals surface area (Å²) >= 11 is 0. The first-order valence-electron chi connectivity index (χ1n) is 8.89. The Hall–Kier alpha value is -2.62. The first kappa shape index (κ1) is 15.9. The number of aliphatic imine (C=N–C) groups is 1. The molecule has 0 spiro atoms. The molecule has 0 saturated carbocycles. The van der Waals surface area contributed by atoms with Crippen molar-refractivity contribution in [1.82, 2.24) is 9.91 Å². The van der Waals surface area contributed by atoms with Gasteiger partial charge in [0.25, 0.3) is 0 Å². The third-order valence-corrected chi connectivity index (χ3v) is 5.16. The predicted molar refractivity (Wildman–Crippen MR) is 104 cm³/mol. The molecule has 0 aliphatic carbocycles. The van der Waals surface area contributed by atoms with Crippen molar-refractivity contribution in [3.05, 3.63) is 64.5 Å². The van der Waals surface area contributed by atoms with Crippen molar-refractivity contribution in [2.75, 3.05) is 0 Å². The maximum absolute atomic E-state index is 4.93. The Balaban J connectivity index is 2.00. The van der Waals surface area contributed by atoms with Crippen LogP contribution in [0.3, 0.4) is 0 Å². The first-order valence-corrected chi connectivity index (χ1v) is 8.89. The lowest BCUT2D eigenvalue weighted by atomic mass is 9.96. The Morgan fingerprint density at radius 2 is 1.72 bits per heavy atom. The average Bonchev–Trinajstić information content (AvgIpc) is 2.91. The van der Waals surface area contributed by atoms with Crippen LogP contribution in [0.1, 0.15) is 46.6 Å². The predicted octanol–water partition coefficient (Wildman–Crippen LogP) is 4.75. The van der Waals surface area contributed by atoms with Crippen LogP contribution in [0.5, 0.6) is 0 Å². The van der Waals surface area contributed by atoms with Crippen LogP contribution in [0.2, 0.25) is 0 Å². The topological polar surface area (TPSA) is 31.2 Å². The normalized spacial score (nSPS) is 22.6. The van der Waals surface area contributed by atoms with Gasteiger partial charge >= 0.3 is 0 Å². The maximum Gasteiger partial charge on any atom is 0.223 e. The maximum atomic E-state index is 4.93. The van der Waals surface area contributed by atoms with E-state index in [0.717, 1.165) is 17.8 Å². The quantitative estimate of drug-likeness (QED) is 0.782. The second-order valence-electron chi connectivity index (χ2n) is 6.82. The fraction of sp³-hybridized carbons (Fsp3) is 0.333. The molecule has 0 bridgehead atoms. The van der Waals surface area contributed by atoms with Gasteiger partial charge in [-0.25, -0.2) is 10.0 Å². The van der Waals surface area contributed by atoms with Crippen molar-refractivity contribution in [1.29, 1.82) is 0 Å². The molecule has 0 amide bonds. The molecule has 3 aliphatic rings. The van der Waals surface area contributed by atoms with Crippen LogP contribution in [-0.2, 0) is 0 Å². The van der Waals surface area contributed by atoms with Gasteiger partial charge in [-0.2, -0.15) is 5.10 Å². The minimum Gasteiger partial charge on any atom is -0.302 e. The van der Waals surface area contributed by atoms with E-state index in [2.05, 4.69) is 80.9 Å². The van der Waals surface area contributed by atoms with Crippen molar-refractivity contribution >= 4 is 17.1 Å². The zero-order valence-corrected chi connectivity index (χ0v) is 15.5. The van der Waals surface area contributed by atoms with Gasteiger partial charge in [-0.1, -0.05) is 37.3 Å². The summed E-state index contributed by atoms with van der Waals surface area (Å²) in [5.74, 6) is 0. The Bertz CT molecular complexity index is 884. The second-order valence-corrected chi connectivity index (χ2v) is 6.82. The SMILES string of the molecule is CCC1=C(C)C2=C(c3ccccc3)N3C(C)=CC(C)=NC3N2N=C1C. The van der Waals surface area contributed by atoms with Gasteiger partial charge in [0, 0.05) is 17.0 Å². The van der Waals surface area contributed by atoms with E-state index in [1.807, 2.05) is 0 Å². The molecule has 25 heavy (non-hydrogen) atoms. The summed E-state index contributed by atoms with van der Waals surface area (Å²) in [5.41, 5.74) is 9.58. The molecule has 4 rings (SSSR count). The summed E-state index contributed by atoms with van der Waals surface area (Å²) in [6.45, 7) is 10.7. The molecular weight excluding hydrogens is 308 g/mol. The Morgan fingerprint density at radius 1 is 1.00 bits per heavy atom. The van der Waals surface area contributed by atoms with Crippen molar-refractivity contribution in [2.45, 2.75) is 47.3 Å². The zero-order valence-electron chi connectivity index (χ0n) is 15.5. The van der Waals surface area contributed by atoms with Gasteiger partial charge in [0.15, 0.2) is 0 Å². The zero-order chi connectivity index (χ0) is 17.7. The smallest absolute Gasteiger partial charge is 0.223 e. The minimum atomic E-state index is -0.126. The Kier molecular flexibility index (Phi) is 3.64. The van der Waals surface area contributed by atoms with Crippen LogP contribution < -0.4 is 0 Å². The van der Waals surface area contributed by atoms with E-state index in [1.54, 1.807) is 0 Å². The standard InChI is InChI=1S/C21H24N4/c1-6-18-15(4)19-20(17-10-8-7-9-11-17)24-14(3)12-13(2)22-21(24)25(19)23-16(18)5/h7-12,21H,6H2,1-5H3. The summed E-state index contributed by atoms with van der Waals surface area (Å²) < 4.78 is 0. The highest BCUT2D eigenvalue weighted by Gasteiger charge is 2.43. The van der Waals surface area contributed by atoms with E-state index in [1.165, 1.54) is 33.8 Å². The van der Waals surface area contributed by atoms with E-state index < -0.39 is 0 Å². The van der Waals surface area contributed by atoms with Crippen LogP contribution in [0.25, 0.3) is 5.70 Å². The van der Waals surface area contributed by atoms with Crippen molar-refractivity contribution < 1.29 is 0 Å². The molecule has 4 heteroatoms. The number of benzene rings is 1. The number of allylic oxidation sites excluding steroid dienone is 4. The largest absolute Gasteiger partial charge is 0.302 e. The molecule has 1 aromatic carbocycles. The molecular formula is C21H24N4. The molecule has 0 N–H and O–H groups in total. The first-order chi connectivity index (χ1) is 12.0. The lowest BCUT2D eigenvalue weighted by molar-refractivity contribution is 0.188. The van der Waals surface area contributed by atoms with Crippen LogP contribution in [0, 0.1) is 0 Å². The van der Waals surface area contributed by atoms with Gasteiger partial charge in [0.2, 0.25) is 6.29 Å². The molecule has 0 saturated heterocycles. The monoisotopic (exact) mass is 332 g/mol. The van der Waals surface area contributed by atoms with Gasteiger partial charge in [-0.15, -0.1) is 0 Å². The summed E-state index contributed by atoms with van der Waals surface area (Å²) in [5, 5.41) is 7.04. The van der Waals surface area contributed by atoms with Gasteiger partial charge in [0.05, 0.1) is 17.1 Å². The van der Waals surface area contributed by atoms with Crippen LogP contribution in [-0.4, -0.2) is 27.6 Å². The fourth-order valence-electron chi connectivity index (χ4n) is 4.11. The molecule has 0 aromatic heterocycles. The molecule has 0 radical (unpaired) electrons. The molecule has 3 aliphatic heterocycles. The lowest BCUT2D eigenvalue weighted by Gasteiger charge is -2.34. The van der Waals surface area contributed by atoms with E-state index in [0.29, 0.717) is 0 Å². The Morgan fingerprint density at radius 3 is 2.40 bits per heavy atom. The molecule has 1 unspecified atom stereocenters. The number of hydrazone groups is 1. The highest BCUT2D eigenvalue weighted by atomic mass is 15.6. The highest BCUT2D eigenvalue weighted by molar-refractivity contribution is 6.01. The number of hydrogen-bond donors (Lipinski definition) is 0. The lowest BCUT2D eigenvalue weighted by Crippen LogP contribution is -2.39. The molecule has 128 valence electrons. The van der Waals surface area contributed by atoms with Crippen LogP contribution in [0.4, 0.5) is 0 Å². The summed E-state index contributed by atoms with van der Waals surface area (Å²) in [7, 11) is 0. The molecule has 0 fully saturated rings. The van der Waals surface area contributed by atoms with E-state index in [9.17, 15) is 0 Å².